The zero-order valence-electron chi connectivity index (χ0n) is 11.9. The van der Waals surface area contributed by atoms with Crippen LogP contribution in [0.5, 0.6) is 0 Å². The zero-order valence-corrected chi connectivity index (χ0v) is 11.9. The van der Waals surface area contributed by atoms with Crippen LogP contribution in [0.4, 0.5) is 0 Å². The van der Waals surface area contributed by atoms with E-state index in [0.717, 1.165) is 11.3 Å². The van der Waals surface area contributed by atoms with Crippen molar-refractivity contribution in [3.8, 4) is 5.69 Å². The number of aromatic nitrogens is 4. The van der Waals surface area contributed by atoms with E-state index in [9.17, 15) is 4.79 Å². The van der Waals surface area contributed by atoms with Gasteiger partial charge in [-0.15, -0.1) is 0 Å². The maximum Gasteiger partial charge on any atom is 0.287 e. The lowest BCUT2D eigenvalue weighted by atomic mass is 10.1. The molecule has 0 aliphatic heterocycles. The Morgan fingerprint density at radius 3 is 2.73 bits per heavy atom. The Kier molecular flexibility index (Phi) is 3.78. The summed E-state index contributed by atoms with van der Waals surface area (Å²) in [6.45, 7) is 1.83. The molecule has 0 radical (unpaired) electrons. The lowest BCUT2D eigenvalue weighted by Crippen LogP contribution is -2.19. The minimum atomic E-state index is -0.274. The number of carbonyl (C=O) groups is 1. The fourth-order valence-electron chi connectivity index (χ4n) is 1.93. The van der Waals surface area contributed by atoms with Gasteiger partial charge >= 0.3 is 0 Å². The smallest absolute Gasteiger partial charge is 0.287 e. The van der Waals surface area contributed by atoms with Gasteiger partial charge in [0, 0.05) is 6.20 Å². The van der Waals surface area contributed by atoms with Crippen molar-refractivity contribution in [2.75, 3.05) is 0 Å². The summed E-state index contributed by atoms with van der Waals surface area (Å²) in [5, 5.41) is 8.17. The molecular formula is C15H14N6O. The quantitative estimate of drug-likeness (QED) is 0.567. The van der Waals surface area contributed by atoms with Gasteiger partial charge in [-0.3, -0.25) is 4.79 Å². The van der Waals surface area contributed by atoms with Crippen LogP contribution in [0.15, 0.2) is 60.4 Å². The number of hydrogen-bond acceptors (Lipinski definition) is 4. The van der Waals surface area contributed by atoms with E-state index in [0.29, 0.717) is 11.4 Å². The van der Waals surface area contributed by atoms with Gasteiger partial charge in [0.15, 0.2) is 0 Å². The molecule has 0 fully saturated rings. The van der Waals surface area contributed by atoms with E-state index < -0.39 is 0 Å². The summed E-state index contributed by atoms with van der Waals surface area (Å²) in [7, 11) is 0. The molecule has 0 saturated carbocycles. The summed E-state index contributed by atoms with van der Waals surface area (Å²) < 4.78 is 1.67. The minimum Gasteiger partial charge on any atom is -0.357 e. The van der Waals surface area contributed by atoms with Gasteiger partial charge in [-0.05, 0) is 36.8 Å². The lowest BCUT2D eigenvalue weighted by molar-refractivity contribution is 0.0950. The topological polar surface area (TPSA) is 88.0 Å². The molecule has 0 spiro atoms. The van der Waals surface area contributed by atoms with Crippen molar-refractivity contribution >= 4 is 11.6 Å². The number of nitrogens with zero attached hydrogens (tertiary/aromatic N) is 4. The number of rotatable bonds is 4. The third kappa shape index (κ3) is 2.93. The zero-order chi connectivity index (χ0) is 15.4. The van der Waals surface area contributed by atoms with Crippen LogP contribution in [-0.2, 0) is 0 Å². The van der Waals surface area contributed by atoms with E-state index in [4.69, 9.17) is 0 Å². The van der Waals surface area contributed by atoms with E-state index in [-0.39, 0.29) is 5.91 Å². The summed E-state index contributed by atoms with van der Waals surface area (Å²) in [6, 6.07) is 11.1. The molecule has 7 heteroatoms. The molecule has 0 aliphatic carbocycles. The van der Waals surface area contributed by atoms with E-state index >= 15 is 0 Å². The largest absolute Gasteiger partial charge is 0.357 e. The highest BCUT2D eigenvalue weighted by Gasteiger charge is 2.05. The van der Waals surface area contributed by atoms with Crippen LogP contribution in [0.1, 0.15) is 23.0 Å². The number of H-pyrrole nitrogens is 1. The van der Waals surface area contributed by atoms with Gasteiger partial charge in [0.2, 0.25) is 0 Å². The molecule has 0 bridgehead atoms. The summed E-state index contributed by atoms with van der Waals surface area (Å²) in [6.07, 6.45) is 4.80. The highest BCUT2D eigenvalue weighted by molar-refractivity contribution is 6.00. The van der Waals surface area contributed by atoms with Crippen molar-refractivity contribution in [2.24, 2.45) is 5.10 Å². The van der Waals surface area contributed by atoms with Gasteiger partial charge < -0.3 is 4.98 Å². The Bertz CT molecular complexity index is 772. The Morgan fingerprint density at radius 1 is 1.27 bits per heavy atom. The summed E-state index contributed by atoms with van der Waals surface area (Å²) >= 11 is 0. The fraction of sp³-hybridized carbons (Fsp3) is 0.0667. The third-order valence-electron chi connectivity index (χ3n) is 3.14. The van der Waals surface area contributed by atoms with Crippen LogP contribution in [0.2, 0.25) is 0 Å². The van der Waals surface area contributed by atoms with Crippen LogP contribution in [0, 0.1) is 0 Å². The molecule has 0 unspecified atom stereocenters. The molecule has 0 atom stereocenters. The first-order chi connectivity index (χ1) is 10.7. The molecule has 2 aromatic heterocycles. The second kappa shape index (κ2) is 6.04. The monoisotopic (exact) mass is 294 g/mol. The molecule has 0 aliphatic rings. The average Bonchev–Trinajstić information content (AvgIpc) is 3.25. The molecule has 110 valence electrons. The number of hydrogen-bond donors (Lipinski definition) is 2. The lowest BCUT2D eigenvalue weighted by Gasteiger charge is -2.04. The SMILES string of the molecule is C/C(=N/NC(=O)c1ccc[nH]1)c1ccc(-n2cncn2)cc1. The maximum absolute atomic E-state index is 11.8. The fourth-order valence-corrected chi connectivity index (χ4v) is 1.93. The van der Waals surface area contributed by atoms with Crippen LogP contribution in [0.3, 0.4) is 0 Å². The van der Waals surface area contributed by atoms with Crippen LogP contribution in [0.25, 0.3) is 5.69 Å². The number of nitrogens with one attached hydrogen (secondary N) is 2. The van der Waals surface area contributed by atoms with Gasteiger partial charge in [-0.1, -0.05) is 12.1 Å². The molecule has 22 heavy (non-hydrogen) atoms. The van der Waals surface area contributed by atoms with Gasteiger partial charge in [-0.2, -0.15) is 10.2 Å². The number of carbonyl (C=O) groups excluding carboxylic acids is 1. The summed E-state index contributed by atoms with van der Waals surface area (Å²) in [5.74, 6) is -0.274. The number of amides is 1. The predicted molar refractivity (Wildman–Crippen MR) is 81.8 cm³/mol. The van der Waals surface area contributed by atoms with Gasteiger partial charge in [0.05, 0.1) is 11.4 Å². The highest BCUT2D eigenvalue weighted by Crippen LogP contribution is 2.09. The van der Waals surface area contributed by atoms with Crippen LogP contribution < -0.4 is 5.43 Å². The molecule has 0 saturated heterocycles. The van der Waals surface area contributed by atoms with Crippen molar-refractivity contribution in [3.63, 3.8) is 0 Å². The molecular weight excluding hydrogens is 280 g/mol. The molecule has 2 heterocycles. The first-order valence-electron chi connectivity index (χ1n) is 6.67. The third-order valence-corrected chi connectivity index (χ3v) is 3.14. The normalized spacial score (nSPS) is 11.4. The summed E-state index contributed by atoms with van der Waals surface area (Å²) in [4.78, 5) is 18.5. The Morgan fingerprint density at radius 2 is 2.09 bits per heavy atom. The second-order valence-electron chi connectivity index (χ2n) is 4.61. The van der Waals surface area contributed by atoms with Crippen LogP contribution in [-0.4, -0.2) is 31.4 Å². The number of hydrazone groups is 1. The van der Waals surface area contributed by atoms with Crippen molar-refractivity contribution in [2.45, 2.75) is 6.92 Å². The van der Waals surface area contributed by atoms with E-state index in [1.165, 1.54) is 6.33 Å². The molecule has 2 N–H and O–H groups in total. The van der Waals surface area contributed by atoms with Crippen molar-refractivity contribution in [1.29, 1.82) is 0 Å². The first-order valence-corrected chi connectivity index (χ1v) is 6.67. The van der Waals surface area contributed by atoms with E-state index in [1.807, 2.05) is 31.2 Å². The van der Waals surface area contributed by atoms with E-state index in [1.54, 1.807) is 29.3 Å². The standard InChI is InChI=1S/C15H14N6O/c1-11(19-20-15(22)14-3-2-8-17-14)12-4-6-13(7-5-12)21-10-16-9-18-21/h2-10,17H,1H3,(H,20,22)/b19-11-. The molecule has 1 amide bonds. The maximum atomic E-state index is 11.8. The second-order valence-corrected chi connectivity index (χ2v) is 4.61. The Balaban J connectivity index is 1.70. The number of benzene rings is 1. The highest BCUT2D eigenvalue weighted by atomic mass is 16.2. The molecule has 1 aromatic carbocycles. The Labute approximate surface area is 126 Å². The Hall–Kier alpha value is -3.22. The molecule has 7 nitrogen and oxygen atoms in total. The van der Waals surface area contributed by atoms with Crippen molar-refractivity contribution < 1.29 is 4.79 Å². The van der Waals surface area contributed by atoms with Gasteiger partial charge in [-0.25, -0.2) is 15.1 Å². The van der Waals surface area contributed by atoms with Gasteiger partial charge in [0.1, 0.15) is 18.3 Å². The van der Waals surface area contributed by atoms with E-state index in [2.05, 4.69) is 25.6 Å². The summed E-state index contributed by atoms with van der Waals surface area (Å²) in [5.41, 5.74) is 5.52. The van der Waals surface area contributed by atoms with Crippen molar-refractivity contribution in [1.82, 2.24) is 25.2 Å². The minimum absolute atomic E-state index is 0.274. The van der Waals surface area contributed by atoms with Crippen LogP contribution >= 0.6 is 0 Å². The molecule has 3 rings (SSSR count). The number of aromatic amines is 1. The predicted octanol–water partition coefficient (Wildman–Crippen LogP) is 1.75. The van der Waals surface area contributed by atoms with Gasteiger partial charge in [0.25, 0.3) is 5.91 Å². The average molecular weight is 294 g/mol. The first kappa shape index (κ1) is 13.7. The van der Waals surface area contributed by atoms with Crippen molar-refractivity contribution in [3.05, 3.63) is 66.5 Å². The molecule has 3 aromatic rings.